The monoisotopic (exact) mass is 421 g/mol. The molecule has 0 aliphatic rings. The molecule has 0 aliphatic heterocycles. The highest BCUT2D eigenvalue weighted by Gasteiger charge is 2.12. The molecule has 0 saturated carbocycles. The van der Waals surface area contributed by atoms with Gasteiger partial charge < -0.3 is 10.1 Å². The quantitative estimate of drug-likeness (QED) is 0.442. The molecule has 0 spiro atoms. The van der Waals surface area contributed by atoms with Crippen LogP contribution in [0.1, 0.15) is 26.4 Å². The lowest BCUT2D eigenvalue weighted by Crippen LogP contribution is -2.11. The number of hydrogen-bond acceptors (Lipinski definition) is 4. The van der Waals surface area contributed by atoms with Crippen molar-refractivity contribution >= 4 is 23.1 Å². The maximum atomic E-state index is 13.0. The van der Waals surface area contributed by atoms with Crippen LogP contribution in [0.25, 0.3) is 0 Å². The van der Waals surface area contributed by atoms with Gasteiger partial charge in [0.25, 0.3) is 5.91 Å². The van der Waals surface area contributed by atoms with E-state index in [1.165, 1.54) is 29.0 Å². The summed E-state index contributed by atoms with van der Waals surface area (Å²) >= 11 is 1.36. The Morgan fingerprint density at radius 1 is 1.10 bits per heavy atom. The van der Waals surface area contributed by atoms with Gasteiger partial charge in [-0.25, -0.2) is 4.39 Å². The van der Waals surface area contributed by atoms with E-state index in [0.717, 1.165) is 16.9 Å². The number of nitrogens with one attached hydrogen (secondary N) is 1. The maximum absolute atomic E-state index is 13.0. The molecule has 2 heterocycles. The molecule has 4 aromatic rings. The standard InChI is InChI=1S/C23H20FN3O2S/c1-16-2-8-20(9-3-16)29-14-18-12-21(30-15-18)23(28)25-22-10-11-27(26-22)13-17-4-6-19(24)7-5-17/h2-12,15H,13-14H2,1H3,(H,25,26,28). The van der Waals surface area contributed by atoms with Gasteiger partial charge in [0.1, 0.15) is 18.2 Å². The zero-order valence-corrected chi connectivity index (χ0v) is 17.2. The van der Waals surface area contributed by atoms with E-state index in [1.54, 1.807) is 29.1 Å². The second-order valence-electron chi connectivity index (χ2n) is 6.90. The fourth-order valence-electron chi connectivity index (χ4n) is 2.84. The van der Waals surface area contributed by atoms with Crippen molar-refractivity contribution in [2.75, 3.05) is 5.32 Å². The van der Waals surface area contributed by atoms with Gasteiger partial charge in [0.05, 0.1) is 11.4 Å². The van der Waals surface area contributed by atoms with E-state index in [4.69, 9.17) is 4.74 Å². The number of halogens is 1. The van der Waals surface area contributed by atoms with E-state index in [9.17, 15) is 9.18 Å². The molecular weight excluding hydrogens is 401 g/mol. The molecule has 0 radical (unpaired) electrons. The number of rotatable bonds is 7. The lowest BCUT2D eigenvalue weighted by molar-refractivity contribution is 0.103. The average molecular weight is 421 g/mol. The zero-order chi connectivity index (χ0) is 20.9. The van der Waals surface area contributed by atoms with Gasteiger partial charge in [0.2, 0.25) is 0 Å². The van der Waals surface area contributed by atoms with Crippen LogP contribution in [-0.2, 0) is 13.2 Å². The minimum absolute atomic E-state index is 0.214. The Morgan fingerprint density at radius 3 is 2.63 bits per heavy atom. The normalized spacial score (nSPS) is 10.7. The van der Waals surface area contributed by atoms with E-state index >= 15 is 0 Å². The summed E-state index contributed by atoms with van der Waals surface area (Å²) in [6.45, 7) is 2.92. The Bertz CT molecular complexity index is 1130. The van der Waals surface area contributed by atoms with Crippen LogP contribution in [0.5, 0.6) is 5.75 Å². The highest BCUT2D eigenvalue weighted by Crippen LogP contribution is 2.19. The van der Waals surface area contributed by atoms with Crippen molar-refractivity contribution in [3.8, 4) is 5.75 Å². The second-order valence-corrected chi connectivity index (χ2v) is 7.81. The summed E-state index contributed by atoms with van der Waals surface area (Å²) in [5.41, 5.74) is 3.04. The predicted octanol–water partition coefficient (Wildman–Crippen LogP) is 5.27. The van der Waals surface area contributed by atoms with Gasteiger partial charge in [-0.2, -0.15) is 5.10 Å². The molecule has 30 heavy (non-hydrogen) atoms. The molecule has 4 rings (SSSR count). The summed E-state index contributed by atoms with van der Waals surface area (Å²) in [4.78, 5) is 13.1. The summed E-state index contributed by atoms with van der Waals surface area (Å²) in [6.07, 6.45) is 1.77. The molecule has 7 heteroatoms. The third-order valence-corrected chi connectivity index (χ3v) is 5.42. The summed E-state index contributed by atoms with van der Waals surface area (Å²) < 4.78 is 20.5. The van der Waals surface area contributed by atoms with Gasteiger partial charge >= 0.3 is 0 Å². The van der Waals surface area contributed by atoms with Gasteiger partial charge in [0.15, 0.2) is 5.82 Å². The number of hydrogen-bond donors (Lipinski definition) is 1. The Kier molecular flexibility index (Phi) is 5.90. The second kappa shape index (κ2) is 8.92. The molecule has 1 N–H and O–H groups in total. The van der Waals surface area contributed by atoms with Crippen LogP contribution < -0.4 is 10.1 Å². The highest BCUT2D eigenvalue weighted by atomic mass is 32.1. The van der Waals surface area contributed by atoms with Gasteiger partial charge in [-0.1, -0.05) is 29.8 Å². The topological polar surface area (TPSA) is 56.1 Å². The zero-order valence-electron chi connectivity index (χ0n) is 16.3. The molecule has 0 aliphatic carbocycles. The molecule has 2 aromatic carbocycles. The fourth-order valence-corrected chi connectivity index (χ4v) is 3.63. The van der Waals surface area contributed by atoms with E-state index in [1.807, 2.05) is 42.6 Å². The number of nitrogens with zero attached hydrogens (tertiary/aromatic N) is 2. The Hall–Kier alpha value is -3.45. The van der Waals surface area contributed by atoms with Crippen molar-refractivity contribution in [3.05, 3.63) is 99.6 Å². The first-order valence-electron chi connectivity index (χ1n) is 9.41. The van der Waals surface area contributed by atoms with E-state index in [2.05, 4.69) is 10.4 Å². The first-order chi connectivity index (χ1) is 14.5. The number of aromatic nitrogens is 2. The Morgan fingerprint density at radius 2 is 1.87 bits per heavy atom. The molecule has 0 unspecified atom stereocenters. The van der Waals surface area contributed by atoms with Gasteiger partial charge in [-0.15, -0.1) is 11.3 Å². The Labute approximate surface area is 177 Å². The van der Waals surface area contributed by atoms with Crippen LogP contribution in [0.4, 0.5) is 10.2 Å². The molecule has 0 atom stereocenters. The predicted molar refractivity (Wildman–Crippen MR) is 116 cm³/mol. The van der Waals surface area contributed by atoms with E-state index in [-0.39, 0.29) is 11.7 Å². The fraction of sp³-hybridized carbons (Fsp3) is 0.130. The van der Waals surface area contributed by atoms with Crippen molar-refractivity contribution in [3.63, 3.8) is 0 Å². The van der Waals surface area contributed by atoms with E-state index < -0.39 is 0 Å². The largest absolute Gasteiger partial charge is 0.489 e. The van der Waals surface area contributed by atoms with Crippen molar-refractivity contribution in [2.24, 2.45) is 0 Å². The summed E-state index contributed by atoms with van der Waals surface area (Å²) in [6, 6.07) is 17.7. The molecule has 1 amide bonds. The lowest BCUT2D eigenvalue weighted by Gasteiger charge is -2.04. The van der Waals surface area contributed by atoms with Crippen LogP contribution in [-0.4, -0.2) is 15.7 Å². The SMILES string of the molecule is Cc1ccc(OCc2csc(C(=O)Nc3ccn(Cc4ccc(F)cc4)n3)c2)cc1. The van der Waals surface area contributed by atoms with Crippen LogP contribution in [0.3, 0.4) is 0 Å². The number of carbonyl (C=O) groups excluding carboxylic acids is 1. The Balaban J connectivity index is 1.32. The molecule has 0 saturated heterocycles. The highest BCUT2D eigenvalue weighted by molar-refractivity contribution is 7.12. The number of amides is 1. The summed E-state index contributed by atoms with van der Waals surface area (Å²) in [7, 11) is 0. The maximum Gasteiger partial charge on any atom is 0.266 e. The first kappa shape index (κ1) is 19.8. The lowest BCUT2D eigenvalue weighted by atomic mass is 10.2. The molecule has 2 aromatic heterocycles. The van der Waals surface area contributed by atoms with Crippen molar-refractivity contribution < 1.29 is 13.9 Å². The first-order valence-corrected chi connectivity index (χ1v) is 10.3. The van der Waals surface area contributed by atoms with Gasteiger partial charge in [-0.3, -0.25) is 9.48 Å². The molecule has 0 bridgehead atoms. The number of benzene rings is 2. The third-order valence-electron chi connectivity index (χ3n) is 4.44. The van der Waals surface area contributed by atoms with E-state index in [0.29, 0.717) is 23.8 Å². The van der Waals surface area contributed by atoms with Crippen molar-refractivity contribution in [1.29, 1.82) is 0 Å². The van der Waals surface area contributed by atoms with Crippen LogP contribution in [0.2, 0.25) is 0 Å². The van der Waals surface area contributed by atoms with Crippen LogP contribution in [0, 0.1) is 12.7 Å². The number of anilines is 1. The molecule has 0 fully saturated rings. The molecule has 152 valence electrons. The number of carbonyl (C=O) groups is 1. The smallest absolute Gasteiger partial charge is 0.266 e. The summed E-state index contributed by atoms with van der Waals surface area (Å²) in [5.74, 6) is 0.776. The van der Waals surface area contributed by atoms with Gasteiger partial charge in [0, 0.05) is 17.8 Å². The minimum atomic E-state index is -0.272. The minimum Gasteiger partial charge on any atom is -0.489 e. The molecule has 5 nitrogen and oxygen atoms in total. The van der Waals surface area contributed by atoms with Crippen molar-refractivity contribution in [1.82, 2.24) is 9.78 Å². The average Bonchev–Trinajstić information content (AvgIpc) is 3.39. The van der Waals surface area contributed by atoms with Crippen LogP contribution >= 0.6 is 11.3 Å². The number of thiophene rings is 1. The number of ether oxygens (including phenoxy) is 1. The van der Waals surface area contributed by atoms with Crippen molar-refractivity contribution in [2.45, 2.75) is 20.1 Å². The number of aryl methyl sites for hydroxylation is 1. The summed E-state index contributed by atoms with van der Waals surface area (Å²) in [5, 5.41) is 9.07. The third kappa shape index (κ3) is 5.12. The van der Waals surface area contributed by atoms with Crippen LogP contribution in [0.15, 0.2) is 72.2 Å². The van der Waals surface area contributed by atoms with Gasteiger partial charge in [-0.05, 0) is 48.2 Å². The molecular formula is C23H20FN3O2S.